The van der Waals surface area contributed by atoms with Crippen molar-refractivity contribution in [2.75, 3.05) is 7.11 Å². The zero-order valence-electron chi connectivity index (χ0n) is 19.7. The third kappa shape index (κ3) is 5.43. The van der Waals surface area contributed by atoms with E-state index in [0.717, 1.165) is 16.5 Å². The van der Waals surface area contributed by atoms with Crippen molar-refractivity contribution in [1.82, 2.24) is 10.2 Å². The summed E-state index contributed by atoms with van der Waals surface area (Å²) < 4.78 is 36.0. The highest BCUT2D eigenvalue weighted by atomic mass is 32.2. The van der Waals surface area contributed by atoms with E-state index in [0.29, 0.717) is 11.1 Å². The van der Waals surface area contributed by atoms with Gasteiger partial charge in [0.05, 0.1) is 18.6 Å². The number of ether oxygens (including phenoxy) is 1. The second kappa shape index (κ2) is 10.1. The van der Waals surface area contributed by atoms with E-state index in [4.69, 9.17) is 8.92 Å². The summed E-state index contributed by atoms with van der Waals surface area (Å²) >= 11 is 0. The van der Waals surface area contributed by atoms with Gasteiger partial charge in [-0.05, 0) is 42.3 Å². The van der Waals surface area contributed by atoms with Gasteiger partial charge in [-0.15, -0.1) is 0 Å². The molecule has 1 aliphatic rings. The van der Waals surface area contributed by atoms with Crippen LogP contribution in [0, 0.1) is 17.0 Å². The zero-order valence-corrected chi connectivity index (χ0v) is 20.5. The molecule has 1 heterocycles. The van der Waals surface area contributed by atoms with Crippen molar-refractivity contribution in [1.29, 1.82) is 0 Å². The molecular formula is C25H21N3O8S. The van der Waals surface area contributed by atoms with Crippen LogP contribution in [0.1, 0.15) is 16.7 Å². The minimum Gasteiger partial charge on any atom is -0.493 e. The van der Waals surface area contributed by atoms with Crippen molar-refractivity contribution in [3.8, 4) is 11.5 Å². The maximum Gasteiger partial charge on any atom is 0.339 e. The summed E-state index contributed by atoms with van der Waals surface area (Å²) in [5.74, 6) is -0.658. The van der Waals surface area contributed by atoms with Crippen LogP contribution in [0.3, 0.4) is 0 Å². The molecule has 3 amide bonds. The average Bonchev–Trinajstić information content (AvgIpc) is 3.12. The minimum absolute atomic E-state index is 0.0254. The average molecular weight is 524 g/mol. The first-order valence-corrected chi connectivity index (χ1v) is 12.3. The molecule has 0 atom stereocenters. The first-order valence-electron chi connectivity index (χ1n) is 10.8. The normalized spacial score (nSPS) is 14.5. The molecule has 0 radical (unpaired) electrons. The Bertz CT molecular complexity index is 1530. The minimum atomic E-state index is -4.42. The monoisotopic (exact) mass is 523 g/mol. The molecule has 0 bridgehead atoms. The molecule has 1 fully saturated rings. The van der Waals surface area contributed by atoms with Crippen LogP contribution in [0.25, 0.3) is 6.08 Å². The SMILES string of the molecule is COc1cc(/C=C2\NC(=O)N(Cc3ccccc3)C2=O)ccc1OS(=O)(=O)c1ccc(C)c([N+](=O)[O-])c1. The number of amides is 3. The summed E-state index contributed by atoms with van der Waals surface area (Å²) in [4.78, 5) is 36.3. The molecule has 0 saturated carbocycles. The summed E-state index contributed by atoms with van der Waals surface area (Å²) in [6.45, 7) is 1.60. The second-order valence-corrected chi connectivity index (χ2v) is 9.56. The van der Waals surface area contributed by atoms with Gasteiger partial charge in [-0.3, -0.25) is 19.8 Å². The van der Waals surface area contributed by atoms with Crippen LogP contribution >= 0.6 is 0 Å². The Morgan fingerprint density at radius 1 is 1.03 bits per heavy atom. The molecule has 0 aliphatic carbocycles. The standard InChI is InChI=1S/C25H21N3O8S/c1-16-8-10-19(14-21(16)28(31)32)37(33,34)36-22-11-9-18(13-23(22)35-2)12-20-24(29)27(25(30)26-20)15-17-6-4-3-5-7-17/h3-14H,15H2,1-2H3,(H,26,30)/b20-12-. The number of aryl methyl sites for hydroxylation is 1. The highest BCUT2D eigenvalue weighted by Crippen LogP contribution is 2.33. The van der Waals surface area contributed by atoms with E-state index in [1.165, 1.54) is 50.4 Å². The Labute approximate surface area is 212 Å². The van der Waals surface area contributed by atoms with E-state index in [2.05, 4.69) is 5.32 Å². The smallest absolute Gasteiger partial charge is 0.339 e. The molecule has 12 heteroatoms. The number of carbonyl (C=O) groups is 2. The fourth-order valence-electron chi connectivity index (χ4n) is 3.60. The van der Waals surface area contributed by atoms with Crippen molar-refractivity contribution in [2.45, 2.75) is 18.4 Å². The predicted molar refractivity (Wildman–Crippen MR) is 132 cm³/mol. The number of benzene rings is 3. The fourth-order valence-corrected chi connectivity index (χ4v) is 4.56. The van der Waals surface area contributed by atoms with E-state index in [9.17, 15) is 28.1 Å². The Balaban J connectivity index is 1.57. The van der Waals surface area contributed by atoms with Crippen LogP contribution in [-0.2, 0) is 21.5 Å². The number of rotatable bonds is 8. The third-order valence-electron chi connectivity index (χ3n) is 5.51. The van der Waals surface area contributed by atoms with Gasteiger partial charge in [-0.1, -0.05) is 42.5 Å². The third-order valence-corrected chi connectivity index (χ3v) is 6.74. The first-order chi connectivity index (χ1) is 17.6. The quantitative estimate of drug-likeness (QED) is 0.154. The van der Waals surface area contributed by atoms with Crippen LogP contribution in [0.15, 0.2) is 77.3 Å². The van der Waals surface area contributed by atoms with Gasteiger partial charge in [0.1, 0.15) is 10.6 Å². The summed E-state index contributed by atoms with van der Waals surface area (Å²) in [6.07, 6.45) is 1.43. The Hall–Kier alpha value is -4.71. The molecule has 190 valence electrons. The first kappa shape index (κ1) is 25.4. The largest absolute Gasteiger partial charge is 0.493 e. The molecular weight excluding hydrogens is 502 g/mol. The van der Waals surface area contributed by atoms with Crippen LogP contribution < -0.4 is 14.2 Å². The molecule has 1 N–H and O–H groups in total. The van der Waals surface area contributed by atoms with Crippen molar-refractivity contribution in [3.63, 3.8) is 0 Å². The van der Waals surface area contributed by atoms with Gasteiger partial charge in [0.25, 0.3) is 11.6 Å². The Kier molecular flexibility index (Phi) is 6.94. The number of nitrogens with zero attached hydrogens (tertiary/aromatic N) is 2. The number of urea groups is 1. The Morgan fingerprint density at radius 2 is 1.76 bits per heavy atom. The molecule has 1 saturated heterocycles. The van der Waals surface area contributed by atoms with E-state index in [-0.39, 0.29) is 29.4 Å². The highest BCUT2D eigenvalue weighted by Gasteiger charge is 2.33. The van der Waals surface area contributed by atoms with Gasteiger partial charge in [-0.2, -0.15) is 8.42 Å². The summed E-state index contributed by atoms with van der Waals surface area (Å²) in [5, 5.41) is 13.7. The molecule has 0 spiro atoms. The van der Waals surface area contributed by atoms with Crippen molar-refractivity contribution in [2.24, 2.45) is 0 Å². The lowest BCUT2D eigenvalue weighted by molar-refractivity contribution is -0.385. The van der Waals surface area contributed by atoms with Crippen molar-refractivity contribution in [3.05, 3.63) is 99.2 Å². The summed E-state index contributed by atoms with van der Waals surface area (Å²) in [7, 11) is -3.13. The molecule has 11 nitrogen and oxygen atoms in total. The van der Waals surface area contributed by atoms with Crippen molar-refractivity contribution < 1.29 is 31.9 Å². The lowest BCUT2D eigenvalue weighted by Gasteiger charge is -2.12. The van der Waals surface area contributed by atoms with E-state index < -0.39 is 31.9 Å². The van der Waals surface area contributed by atoms with Gasteiger partial charge >= 0.3 is 16.1 Å². The van der Waals surface area contributed by atoms with Gasteiger partial charge in [0, 0.05) is 11.6 Å². The van der Waals surface area contributed by atoms with Crippen LogP contribution in [0.2, 0.25) is 0 Å². The molecule has 1 aliphatic heterocycles. The number of nitro groups is 1. The second-order valence-electron chi connectivity index (χ2n) is 8.02. The van der Waals surface area contributed by atoms with E-state index >= 15 is 0 Å². The lowest BCUT2D eigenvalue weighted by atomic mass is 10.1. The number of nitro benzene ring substituents is 1. The number of methoxy groups -OCH3 is 1. The molecule has 0 aromatic heterocycles. The van der Waals surface area contributed by atoms with Gasteiger partial charge < -0.3 is 14.2 Å². The van der Waals surface area contributed by atoms with E-state index in [1.807, 2.05) is 6.07 Å². The molecule has 3 aromatic carbocycles. The Morgan fingerprint density at radius 3 is 2.43 bits per heavy atom. The van der Waals surface area contributed by atoms with E-state index in [1.54, 1.807) is 24.3 Å². The predicted octanol–water partition coefficient (Wildman–Crippen LogP) is 3.77. The molecule has 37 heavy (non-hydrogen) atoms. The van der Waals surface area contributed by atoms with Gasteiger partial charge in [-0.25, -0.2) is 4.79 Å². The van der Waals surface area contributed by atoms with Crippen LogP contribution in [-0.4, -0.2) is 37.3 Å². The zero-order chi connectivity index (χ0) is 26.7. The topological polar surface area (TPSA) is 145 Å². The van der Waals surface area contributed by atoms with Gasteiger partial charge in [0.2, 0.25) is 0 Å². The summed E-state index contributed by atoms with van der Waals surface area (Å²) in [6, 6.07) is 16.1. The van der Waals surface area contributed by atoms with Gasteiger partial charge in [0.15, 0.2) is 11.5 Å². The number of hydrogen-bond acceptors (Lipinski definition) is 8. The van der Waals surface area contributed by atoms with Crippen molar-refractivity contribution >= 4 is 33.8 Å². The fraction of sp³-hybridized carbons (Fsp3) is 0.120. The van der Waals surface area contributed by atoms with Crippen LogP contribution in [0.4, 0.5) is 10.5 Å². The maximum atomic E-state index is 12.8. The molecule has 4 rings (SSSR count). The number of nitrogens with one attached hydrogen (secondary N) is 1. The maximum absolute atomic E-state index is 12.8. The number of carbonyl (C=O) groups excluding carboxylic acids is 2. The highest BCUT2D eigenvalue weighted by molar-refractivity contribution is 7.87. The number of hydrogen-bond donors (Lipinski definition) is 1. The number of imide groups is 1. The molecule has 3 aromatic rings. The van der Waals surface area contributed by atoms with Crippen LogP contribution in [0.5, 0.6) is 11.5 Å². The molecule has 0 unspecified atom stereocenters. The lowest BCUT2D eigenvalue weighted by Crippen LogP contribution is -2.30. The summed E-state index contributed by atoms with van der Waals surface area (Å²) in [5.41, 5.74) is 1.20.